The molecule has 1 spiro atoms. The number of anilines is 1. The Labute approximate surface area is 200 Å². The number of fused-ring (bicyclic) bond motifs is 1. The highest BCUT2D eigenvalue weighted by Gasteiger charge is 2.53. The summed E-state index contributed by atoms with van der Waals surface area (Å²) in [5.41, 5.74) is 5.27. The highest BCUT2D eigenvalue weighted by atomic mass is 19.1. The molecule has 1 aliphatic carbocycles. The zero-order chi connectivity index (χ0) is 24.5. The highest BCUT2D eigenvalue weighted by Crippen LogP contribution is 2.61. The van der Waals surface area contributed by atoms with Gasteiger partial charge < -0.3 is 15.4 Å². The molecule has 0 radical (unpaired) electrons. The molecule has 0 saturated heterocycles. The van der Waals surface area contributed by atoms with Crippen LogP contribution in [0.15, 0.2) is 60.1 Å². The van der Waals surface area contributed by atoms with Gasteiger partial charge in [-0.1, -0.05) is 25.6 Å². The van der Waals surface area contributed by atoms with Crippen LogP contribution in [0.5, 0.6) is 5.75 Å². The molecule has 2 aromatic rings. The maximum absolute atomic E-state index is 15.1. The minimum Gasteiger partial charge on any atom is -0.493 e. The fourth-order valence-electron chi connectivity index (χ4n) is 4.90. The van der Waals surface area contributed by atoms with Crippen molar-refractivity contribution in [3.8, 4) is 5.75 Å². The van der Waals surface area contributed by atoms with Crippen LogP contribution in [0.2, 0.25) is 0 Å². The number of allylic oxidation sites excluding steroid dienone is 5. The second-order valence-electron chi connectivity index (χ2n) is 9.44. The van der Waals surface area contributed by atoms with E-state index in [0.717, 1.165) is 48.2 Å². The van der Waals surface area contributed by atoms with Crippen LogP contribution < -0.4 is 15.4 Å². The van der Waals surface area contributed by atoms with Gasteiger partial charge in [0.1, 0.15) is 17.3 Å². The van der Waals surface area contributed by atoms with Gasteiger partial charge in [0, 0.05) is 47.5 Å². The molecule has 0 bridgehead atoms. The lowest BCUT2D eigenvalue weighted by atomic mass is 9.78. The molecule has 1 aromatic heterocycles. The molecule has 2 heterocycles. The normalized spacial score (nSPS) is 19.1. The zero-order valence-corrected chi connectivity index (χ0v) is 20.4. The van der Waals surface area contributed by atoms with Crippen molar-refractivity contribution < 1.29 is 13.5 Å². The molecule has 1 saturated carbocycles. The van der Waals surface area contributed by atoms with Crippen LogP contribution in [0.25, 0.3) is 5.57 Å². The van der Waals surface area contributed by atoms with Gasteiger partial charge in [-0.3, -0.25) is 4.98 Å². The molecule has 1 fully saturated rings. The van der Waals surface area contributed by atoms with Gasteiger partial charge in [-0.05, 0) is 56.7 Å². The quantitative estimate of drug-likeness (QED) is 0.415. The van der Waals surface area contributed by atoms with Gasteiger partial charge in [0.25, 0.3) is 0 Å². The van der Waals surface area contributed by atoms with Crippen molar-refractivity contribution in [2.45, 2.75) is 52.4 Å². The van der Waals surface area contributed by atoms with Crippen LogP contribution in [0.1, 0.15) is 63.6 Å². The Bertz CT molecular complexity index is 1160. The van der Waals surface area contributed by atoms with E-state index < -0.39 is 5.82 Å². The standard InChI is InChI=1S/C28H33F2N3O/c1-6-7-20(13-23-22-9-8-19(29)12-25(22)34-16-28(23)10-11-28)33-21-14-24(30)27(32-15-21)26(17(2)3)18(4)31-5/h7-9,12,14-15,23,31,33H,2,6,10-11,13,16H2,1,3-5H3/b20-7+,26-18+. The number of pyridine rings is 1. The molecule has 6 heteroatoms. The molecule has 0 amide bonds. The second-order valence-corrected chi connectivity index (χ2v) is 9.44. The summed E-state index contributed by atoms with van der Waals surface area (Å²) in [5.74, 6) is 0.161. The van der Waals surface area contributed by atoms with Gasteiger partial charge in [0.15, 0.2) is 5.82 Å². The van der Waals surface area contributed by atoms with Gasteiger partial charge in [-0.25, -0.2) is 8.78 Å². The summed E-state index contributed by atoms with van der Waals surface area (Å²) in [6.45, 7) is 10.4. The van der Waals surface area contributed by atoms with Crippen molar-refractivity contribution in [3.05, 3.63) is 83.0 Å². The predicted molar refractivity (Wildman–Crippen MR) is 134 cm³/mol. The number of ether oxygens (including phenoxy) is 1. The molecule has 4 nitrogen and oxygen atoms in total. The Kier molecular flexibility index (Phi) is 6.78. The fraction of sp³-hybridized carbons (Fsp3) is 0.393. The Morgan fingerprint density at radius 3 is 2.65 bits per heavy atom. The third-order valence-corrected chi connectivity index (χ3v) is 6.93. The van der Waals surface area contributed by atoms with Crippen LogP contribution in [-0.4, -0.2) is 18.6 Å². The Morgan fingerprint density at radius 1 is 1.26 bits per heavy atom. The maximum Gasteiger partial charge on any atom is 0.151 e. The maximum atomic E-state index is 15.1. The first kappa shape index (κ1) is 24.0. The van der Waals surface area contributed by atoms with Crippen LogP contribution in [0, 0.1) is 17.0 Å². The van der Waals surface area contributed by atoms with Crippen LogP contribution in [-0.2, 0) is 0 Å². The van der Waals surface area contributed by atoms with Crippen LogP contribution >= 0.6 is 0 Å². The van der Waals surface area contributed by atoms with Crippen molar-refractivity contribution in [2.75, 3.05) is 19.0 Å². The minimum atomic E-state index is -0.404. The number of hydrogen-bond donors (Lipinski definition) is 2. The van der Waals surface area contributed by atoms with Crippen molar-refractivity contribution in [1.82, 2.24) is 10.3 Å². The number of halogens is 2. The lowest BCUT2D eigenvalue weighted by molar-refractivity contribution is 0.174. The molecule has 1 aromatic carbocycles. The molecule has 1 atom stereocenters. The smallest absolute Gasteiger partial charge is 0.151 e. The largest absolute Gasteiger partial charge is 0.493 e. The lowest BCUT2D eigenvalue weighted by Gasteiger charge is -2.35. The summed E-state index contributed by atoms with van der Waals surface area (Å²) in [7, 11) is 1.80. The summed E-state index contributed by atoms with van der Waals surface area (Å²) < 4.78 is 34.8. The summed E-state index contributed by atoms with van der Waals surface area (Å²) in [6.07, 6.45) is 7.57. The molecule has 2 aliphatic rings. The zero-order valence-electron chi connectivity index (χ0n) is 20.4. The molecule has 1 unspecified atom stereocenters. The molecule has 180 valence electrons. The minimum absolute atomic E-state index is 0.0958. The van der Waals surface area contributed by atoms with E-state index in [1.54, 1.807) is 13.2 Å². The SMILES string of the molecule is C=C(C)/C(=C(/C)NC)c1ncc(N/C(=C/CC)CC2c3ccc(F)cc3OCC23CC3)cc1F. The van der Waals surface area contributed by atoms with E-state index in [-0.39, 0.29) is 22.8 Å². The van der Waals surface area contributed by atoms with E-state index >= 15 is 4.39 Å². The topological polar surface area (TPSA) is 46.2 Å². The first-order valence-electron chi connectivity index (χ1n) is 11.9. The summed E-state index contributed by atoms with van der Waals surface area (Å²) in [5, 5.41) is 6.46. The summed E-state index contributed by atoms with van der Waals surface area (Å²) >= 11 is 0. The molecule has 4 rings (SSSR count). The van der Waals surface area contributed by atoms with E-state index in [4.69, 9.17) is 4.74 Å². The van der Waals surface area contributed by atoms with Gasteiger partial charge in [0.05, 0.1) is 18.5 Å². The highest BCUT2D eigenvalue weighted by molar-refractivity contribution is 5.78. The van der Waals surface area contributed by atoms with Crippen LogP contribution in [0.3, 0.4) is 0 Å². The van der Waals surface area contributed by atoms with E-state index in [1.807, 2.05) is 19.9 Å². The van der Waals surface area contributed by atoms with Gasteiger partial charge >= 0.3 is 0 Å². The molecular formula is C28H33F2N3O. The first-order valence-corrected chi connectivity index (χ1v) is 11.9. The molecule has 2 N–H and O–H groups in total. The van der Waals surface area contributed by atoms with Crippen molar-refractivity contribution in [3.63, 3.8) is 0 Å². The molecule has 34 heavy (non-hydrogen) atoms. The molecule has 1 aliphatic heterocycles. The van der Waals surface area contributed by atoms with Crippen molar-refractivity contribution in [1.29, 1.82) is 0 Å². The number of nitrogens with zero attached hydrogens (tertiary/aromatic N) is 1. The van der Waals surface area contributed by atoms with Gasteiger partial charge in [-0.15, -0.1) is 0 Å². The van der Waals surface area contributed by atoms with E-state index in [0.29, 0.717) is 23.6 Å². The number of hydrogen-bond acceptors (Lipinski definition) is 4. The lowest BCUT2D eigenvalue weighted by Crippen LogP contribution is -2.28. The second kappa shape index (κ2) is 9.61. The van der Waals surface area contributed by atoms with Gasteiger partial charge in [0.2, 0.25) is 0 Å². The van der Waals surface area contributed by atoms with Gasteiger partial charge in [-0.2, -0.15) is 0 Å². The van der Waals surface area contributed by atoms with E-state index in [9.17, 15) is 4.39 Å². The summed E-state index contributed by atoms with van der Waals surface area (Å²) in [6, 6.07) is 6.32. The fourth-order valence-corrected chi connectivity index (χ4v) is 4.90. The average molecular weight is 466 g/mol. The Hall–Kier alpha value is -3.15. The van der Waals surface area contributed by atoms with Crippen molar-refractivity contribution >= 4 is 11.3 Å². The van der Waals surface area contributed by atoms with E-state index in [1.165, 1.54) is 18.2 Å². The number of aromatic nitrogens is 1. The first-order chi connectivity index (χ1) is 16.3. The Morgan fingerprint density at radius 2 is 2.03 bits per heavy atom. The Balaban J connectivity index is 1.60. The average Bonchev–Trinajstić information content (AvgIpc) is 3.57. The number of rotatable bonds is 8. The third-order valence-electron chi connectivity index (χ3n) is 6.93. The third kappa shape index (κ3) is 4.72. The number of nitrogens with one attached hydrogen (secondary N) is 2. The monoisotopic (exact) mass is 465 g/mol. The predicted octanol–water partition coefficient (Wildman–Crippen LogP) is 6.94. The summed E-state index contributed by atoms with van der Waals surface area (Å²) in [4.78, 5) is 4.43. The van der Waals surface area contributed by atoms with Crippen LogP contribution in [0.4, 0.5) is 14.5 Å². The van der Waals surface area contributed by atoms with Crippen molar-refractivity contribution in [2.24, 2.45) is 5.41 Å². The van der Waals surface area contributed by atoms with E-state index in [2.05, 4.69) is 35.2 Å². The number of benzene rings is 1. The molecular weight excluding hydrogens is 432 g/mol.